The van der Waals surface area contributed by atoms with Gasteiger partial charge in [0.1, 0.15) is 11.4 Å². The first-order valence-corrected chi connectivity index (χ1v) is 11.9. The van der Waals surface area contributed by atoms with E-state index in [0.29, 0.717) is 16.4 Å². The fraction of sp³-hybridized carbons (Fsp3) is 0.154. The van der Waals surface area contributed by atoms with E-state index in [0.717, 1.165) is 17.1 Å². The topological polar surface area (TPSA) is 106 Å². The van der Waals surface area contributed by atoms with Crippen molar-refractivity contribution in [2.75, 3.05) is 12.9 Å². The third kappa shape index (κ3) is 5.70. The number of carbonyl (C=O) groups excluding carboxylic acids is 1. The molecule has 0 saturated heterocycles. The van der Waals surface area contributed by atoms with E-state index in [1.54, 1.807) is 19.1 Å². The van der Waals surface area contributed by atoms with Crippen molar-refractivity contribution in [3.05, 3.63) is 83.9 Å². The Bertz CT molecular complexity index is 1350. The molecule has 4 rings (SSSR count). The summed E-state index contributed by atoms with van der Waals surface area (Å²) in [7, 11) is 1.44. The van der Waals surface area contributed by atoms with Crippen LogP contribution in [0.1, 0.15) is 18.1 Å². The smallest absolute Gasteiger partial charge is 0.342 e. The molecule has 0 aliphatic rings. The summed E-state index contributed by atoms with van der Waals surface area (Å²) < 4.78 is 7.06. The number of ether oxygens (including phenoxy) is 1. The molecule has 0 aliphatic heterocycles. The molecule has 2 N–H and O–H groups in total. The van der Waals surface area contributed by atoms with Gasteiger partial charge in [-0.05, 0) is 55.9 Å². The van der Waals surface area contributed by atoms with Crippen molar-refractivity contribution in [1.82, 2.24) is 15.6 Å². The number of carbonyl (C=O) groups is 1. The Hall–Kier alpha value is -4.11. The first kappa shape index (κ1) is 24.0. The summed E-state index contributed by atoms with van der Waals surface area (Å²) in [5.74, 6) is 0.683. The Morgan fingerprint density at radius 2 is 1.89 bits per heavy atom. The number of aromatic amines is 1. The van der Waals surface area contributed by atoms with Crippen LogP contribution >= 0.6 is 11.8 Å². The fourth-order valence-electron chi connectivity index (χ4n) is 3.38. The van der Waals surface area contributed by atoms with Gasteiger partial charge in [0.2, 0.25) is 0 Å². The summed E-state index contributed by atoms with van der Waals surface area (Å²) in [5.41, 5.74) is 6.91. The minimum absolute atomic E-state index is 0.116. The quantitative estimate of drug-likeness (QED) is 0.172. The van der Waals surface area contributed by atoms with Crippen LogP contribution in [0.4, 0.5) is 0 Å². The number of rotatable bonds is 8. The molecule has 0 radical (unpaired) electrons. The molecule has 1 heterocycles. The molecule has 178 valence electrons. The van der Waals surface area contributed by atoms with Crippen LogP contribution in [0.25, 0.3) is 17.1 Å². The molecule has 8 nitrogen and oxygen atoms in total. The zero-order valence-corrected chi connectivity index (χ0v) is 20.4. The number of thioether (sulfide) groups is 1. The van der Waals surface area contributed by atoms with Crippen molar-refractivity contribution in [2.45, 2.75) is 19.0 Å². The predicted octanol–water partition coefficient (Wildman–Crippen LogP) is 3.38. The Morgan fingerprint density at radius 1 is 1.14 bits per heavy atom. The molecule has 1 amide bonds. The second-order valence-electron chi connectivity index (χ2n) is 7.78. The molecule has 0 fully saturated rings. The molecule has 1 aromatic heterocycles. The van der Waals surface area contributed by atoms with Crippen LogP contribution in [0, 0.1) is 6.92 Å². The van der Waals surface area contributed by atoms with Crippen molar-refractivity contribution in [3.8, 4) is 28.6 Å². The van der Waals surface area contributed by atoms with Gasteiger partial charge in [-0.1, -0.05) is 53.8 Å². The van der Waals surface area contributed by atoms with Gasteiger partial charge in [-0.3, -0.25) is 4.79 Å². The van der Waals surface area contributed by atoms with Gasteiger partial charge in [0.05, 0.1) is 29.2 Å². The predicted molar refractivity (Wildman–Crippen MR) is 134 cm³/mol. The number of amides is 1. The number of H-pyrrole nitrogens is 1. The van der Waals surface area contributed by atoms with E-state index in [-0.39, 0.29) is 23.2 Å². The second kappa shape index (κ2) is 10.9. The summed E-state index contributed by atoms with van der Waals surface area (Å²) in [5, 5.41) is 24.1. The van der Waals surface area contributed by atoms with Gasteiger partial charge in [0.15, 0.2) is 0 Å². The third-order valence-corrected chi connectivity index (χ3v) is 6.21. The van der Waals surface area contributed by atoms with Crippen LogP contribution in [-0.2, 0) is 4.79 Å². The number of aromatic nitrogens is 3. The number of aryl methyl sites for hydroxylation is 1. The van der Waals surface area contributed by atoms with Crippen molar-refractivity contribution in [3.63, 3.8) is 0 Å². The van der Waals surface area contributed by atoms with Crippen molar-refractivity contribution >= 4 is 23.4 Å². The van der Waals surface area contributed by atoms with Crippen LogP contribution < -0.4 is 19.8 Å². The van der Waals surface area contributed by atoms with Crippen LogP contribution in [0.15, 0.2) is 83.1 Å². The number of para-hydroxylation sites is 1. The van der Waals surface area contributed by atoms with Gasteiger partial charge in [-0.25, -0.2) is 5.43 Å². The molecule has 0 atom stereocenters. The third-order valence-electron chi connectivity index (χ3n) is 5.27. The van der Waals surface area contributed by atoms with Gasteiger partial charge in [0, 0.05) is 5.56 Å². The van der Waals surface area contributed by atoms with Crippen molar-refractivity contribution in [2.24, 2.45) is 5.10 Å². The van der Waals surface area contributed by atoms with Gasteiger partial charge in [-0.15, -0.1) is 5.10 Å². The Labute approximate surface area is 207 Å². The second-order valence-corrected chi connectivity index (χ2v) is 8.72. The Balaban J connectivity index is 1.50. The monoisotopic (exact) mass is 487 g/mol. The van der Waals surface area contributed by atoms with Crippen LogP contribution in [0.5, 0.6) is 11.5 Å². The summed E-state index contributed by atoms with van der Waals surface area (Å²) >= 11 is 1.30. The number of hydrogen-bond donors (Lipinski definition) is 2. The maximum Gasteiger partial charge on any atom is 0.342 e. The standard InChI is InChI=1S/C26H25N5O3S/c1-17-9-11-19(12-10-17)25-29-30-26(31(25)21-7-5-4-6-8-21)35-16-24(33)28-27-18(2)20-13-14-22(32)23(15-20)34-3/h4-15H,16H2,1-3H3,(H2,27,28,32,33). The SMILES string of the molecule is COc1cc(C(C)=NNC(=O)CSc2n[nH]c(-c3ccc(C)cc3)[n+]2-c2ccccc2)ccc1[O-]. The first-order chi connectivity index (χ1) is 17.0. The molecular formula is C26H25N5O3S. The van der Waals surface area contributed by atoms with Crippen molar-refractivity contribution < 1.29 is 19.2 Å². The number of benzene rings is 3. The van der Waals surface area contributed by atoms with Crippen LogP contribution in [0.3, 0.4) is 0 Å². The highest BCUT2D eigenvalue weighted by Crippen LogP contribution is 2.24. The zero-order valence-electron chi connectivity index (χ0n) is 19.6. The summed E-state index contributed by atoms with van der Waals surface area (Å²) in [4.78, 5) is 12.5. The van der Waals surface area contributed by atoms with Gasteiger partial charge < -0.3 is 9.84 Å². The van der Waals surface area contributed by atoms with E-state index in [9.17, 15) is 9.90 Å². The molecule has 0 aliphatic carbocycles. The summed E-state index contributed by atoms with van der Waals surface area (Å²) in [6, 6.07) is 22.7. The van der Waals surface area contributed by atoms with Gasteiger partial charge in [-0.2, -0.15) is 9.67 Å². The molecular weight excluding hydrogens is 462 g/mol. The Morgan fingerprint density at radius 3 is 2.60 bits per heavy atom. The van der Waals surface area contributed by atoms with E-state index in [1.807, 2.05) is 66.1 Å². The maximum atomic E-state index is 12.5. The summed E-state index contributed by atoms with van der Waals surface area (Å²) in [6.45, 7) is 3.79. The highest BCUT2D eigenvalue weighted by molar-refractivity contribution is 7.99. The van der Waals surface area contributed by atoms with Crippen LogP contribution in [0.2, 0.25) is 0 Å². The average Bonchev–Trinajstić information content (AvgIpc) is 3.31. The largest absolute Gasteiger partial charge is 0.870 e. The molecule has 9 heteroatoms. The number of hydrazone groups is 1. The molecule has 0 saturated carbocycles. The summed E-state index contributed by atoms with van der Waals surface area (Å²) in [6.07, 6.45) is 0. The highest BCUT2D eigenvalue weighted by atomic mass is 32.2. The van der Waals surface area contributed by atoms with E-state index < -0.39 is 0 Å². The van der Waals surface area contributed by atoms with Gasteiger partial charge in [0.25, 0.3) is 11.7 Å². The number of hydrogen-bond acceptors (Lipinski definition) is 6. The number of nitrogens with one attached hydrogen (secondary N) is 2. The molecule has 0 bridgehead atoms. The Kier molecular flexibility index (Phi) is 7.47. The lowest BCUT2D eigenvalue weighted by Gasteiger charge is -2.13. The lowest BCUT2D eigenvalue weighted by Crippen LogP contribution is -2.34. The minimum atomic E-state index is -0.277. The lowest BCUT2D eigenvalue weighted by molar-refractivity contribution is -0.625. The molecule has 0 spiro atoms. The molecule has 3 aromatic carbocycles. The number of nitrogens with zero attached hydrogens (tertiary/aromatic N) is 3. The normalized spacial score (nSPS) is 11.3. The first-order valence-electron chi connectivity index (χ1n) is 10.9. The maximum absolute atomic E-state index is 12.5. The minimum Gasteiger partial charge on any atom is -0.870 e. The lowest BCUT2D eigenvalue weighted by atomic mass is 10.1. The number of methoxy groups -OCH3 is 1. The highest BCUT2D eigenvalue weighted by Gasteiger charge is 2.24. The van der Waals surface area contributed by atoms with Gasteiger partial charge >= 0.3 is 5.16 Å². The molecule has 4 aromatic rings. The fourth-order valence-corrected chi connectivity index (χ4v) is 4.14. The molecule has 0 unspecified atom stereocenters. The van der Waals surface area contributed by atoms with Crippen molar-refractivity contribution in [1.29, 1.82) is 0 Å². The molecule has 35 heavy (non-hydrogen) atoms. The van der Waals surface area contributed by atoms with E-state index in [4.69, 9.17) is 4.74 Å². The average molecular weight is 488 g/mol. The zero-order chi connectivity index (χ0) is 24.8. The van der Waals surface area contributed by atoms with E-state index in [2.05, 4.69) is 20.7 Å². The van der Waals surface area contributed by atoms with Crippen LogP contribution in [-0.4, -0.2) is 34.7 Å². The van der Waals surface area contributed by atoms with E-state index in [1.165, 1.54) is 30.5 Å². The van der Waals surface area contributed by atoms with E-state index >= 15 is 0 Å².